The summed E-state index contributed by atoms with van der Waals surface area (Å²) in [5.74, 6) is 0.616. The van der Waals surface area contributed by atoms with E-state index in [9.17, 15) is 0 Å². The van der Waals surface area contributed by atoms with Crippen LogP contribution in [0.15, 0.2) is 261 Å². The summed E-state index contributed by atoms with van der Waals surface area (Å²) in [6.07, 6.45) is 0. The van der Waals surface area contributed by atoms with E-state index in [0.717, 1.165) is 148 Å². The molecule has 18 rings (SSSR count). The third-order valence-corrected chi connectivity index (χ3v) is 19.2. The number of thiazole rings is 1. The second-order valence-electron chi connectivity index (χ2n) is 23.8. The highest BCUT2D eigenvalue weighted by Gasteiger charge is 2.37. The lowest BCUT2D eigenvalue weighted by atomic mass is 9.93. The third kappa shape index (κ3) is 7.73. The van der Waals surface area contributed by atoms with E-state index in [4.69, 9.17) is 15.0 Å². The molecule has 6 aromatic heterocycles. The van der Waals surface area contributed by atoms with Gasteiger partial charge in [0.15, 0.2) is 5.82 Å². The van der Waals surface area contributed by atoms with Gasteiger partial charge in [-0.1, -0.05) is 192 Å². The van der Waals surface area contributed by atoms with E-state index in [2.05, 4.69) is 307 Å². The first-order valence-electron chi connectivity index (χ1n) is 30.4. The van der Waals surface area contributed by atoms with Crippen LogP contribution >= 0.6 is 11.3 Å². The Kier molecular flexibility index (Phi) is 11.3. The van der Waals surface area contributed by atoms with E-state index in [1.165, 1.54) is 33.0 Å². The zero-order valence-electron chi connectivity index (χ0n) is 49.4. The minimum atomic E-state index is 0.616. The standard InChI is InChI=1S/C81H55N7S/c1-48-35-39-69-58(43-48)54-25-11-16-30-65(54)85(69)76-74(64-47-63(52-21-7-5-8-22-52)82-80(83-64)53-23-9-6-10-24-53)75(81-84-62-29-15-20-34-73(62)89-81)77(86-66-31-17-12-26-55(66)59-44-49(2)36-40-70(59)86)79(88-68-33-19-14-28-57(68)61-46-51(4)38-42-72(61)88)78(76)87-67-32-18-13-27-56(67)60-45-50(3)37-41-71(60)87/h5-47H,1-4H3. The zero-order chi connectivity index (χ0) is 59.2. The summed E-state index contributed by atoms with van der Waals surface area (Å²) in [5.41, 5.74) is 23.4. The van der Waals surface area contributed by atoms with Gasteiger partial charge in [-0.2, -0.15) is 0 Å². The van der Waals surface area contributed by atoms with Crippen LogP contribution in [0.4, 0.5) is 0 Å². The van der Waals surface area contributed by atoms with Crippen LogP contribution in [0.25, 0.3) is 165 Å². The second-order valence-corrected chi connectivity index (χ2v) is 24.8. The zero-order valence-corrected chi connectivity index (χ0v) is 50.2. The monoisotopic (exact) mass is 1160 g/mol. The lowest BCUT2D eigenvalue weighted by molar-refractivity contribution is 1.02. The van der Waals surface area contributed by atoms with Gasteiger partial charge in [0.1, 0.15) is 5.01 Å². The lowest BCUT2D eigenvalue weighted by Crippen LogP contribution is -2.17. The Hall–Kier alpha value is -11.2. The van der Waals surface area contributed by atoms with Crippen molar-refractivity contribution in [2.75, 3.05) is 0 Å². The number of aryl methyl sites for hydroxylation is 4. The topological polar surface area (TPSA) is 58.4 Å². The van der Waals surface area contributed by atoms with E-state index in [-0.39, 0.29) is 0 Å². The number of hydrogen-bond acceptors (Lipinski definition) is 4. The Morgan fingerprint density at radius 2 is 0.618 bits per heavy atom. The SMILES string of the molecule is Cc1ccc2c(c1)c1ccccc1n2-c1c(-c2cc(-c3ccccc3)nc(-c3ccccc3)n2)c(-c2nc3ccccc3s2)c(-n2c3ccccc3c3cc(C)ccc32)c(-n2c3ccccc3c3cc(C)ccc32)c1-n1c2ccccc2c2cc(C)ccc21. The molecule has 12 aromatic carbocycles. The average molecular weight is 1160 g/mol. The molecule has 7 nitrogen and oxygen atoms in total. The van der Waals surface area contributed by atoms with Gasteiger partial charge in [-0.25, -0.2) is 15.0 Å². The number of fused-ring (bicyclic) bond motifs is 13. The van der Waals surface area contributed by atoms with Gasteiger partial charge in [-0.05, 0) is 119 Å². The Bertz CT molecular complexity index is 5880. The Labute approximate surface area is 516 Å². The van der Waals surface area contributed by atoms with Crippen molar-refractivity contribution >= 4 is 109 Å². The summed E-state index contributed by atoms with van der Waals surface area (Å²) in [4.78, 5) is 17.5. The van der Waals surface area contributed by atoms with Gasteiger partial charge in [0.25, 0.3) is 0 Å². The van der Waals surface area contributed by atoms with Crippen molar-refractivity contribution in [2.45, 2.75) is 27.7 Å². The van der Waals surface area contributed by atoms with Crippen LogP contribution in [0, 0.1) is 27.7 Å². The van der Waals surface area contributed by atoms with Crippen LogP contribution in [0.5, 0.6) is 0 Å². The maximum absolute atomic E-state index is 6.03. The van der Waals surface area contributed by atoms with Gasteiger partial charge in [0, 0.05) is 65.3 Å². The fourth-order valence-electron chi connectivity index (χ4n) is 14.4. The number of nitrogens with zero attached hydrogens (tertiary/aromatic N) is 7. The highest BCUT2D eigenvalue weighted by molar-refractivity contribution is 7.21. The first kappa shape index (κ1) is 51.1. The molecule has 0 spiro atoms. The van der Waals surface area contributed by atoms with Crippen molar-refractivity contribution in [2.24, 2.45) is 0 Å². The number of hydrogen-bond donors (Lipinski definition) is 0. The van der Waals surface area contributed by atoms with E-state index >= 15 is 0 Å². The molecule has 0 aliphatic heterocycles. The predicted molar refractivity (Wildman–Crippen MR) is 373 cm³/mol. The first-order chi connectivity index (χ1) is 43.8. The maximum Gasteiger partial charge on any atom is 0.160 e. The molecule has 0 aliphatic carbocycles. The first-order valence-corrected chi connectivity index (χ1v) is 31.2. The molecule has 89 heavy (non-hydrogen) atoms. The summed E-state index contributed by atoms with van der Waals surface area (Å²) in [5, 5.41) is 10.1. The number of aromatic nitrogens is 7. The summed E-state index contributed by atoms with van der Waals surface area (Å²) in [7, 11) is 0. The number of para-hydroxylation sites is 5. The van der Waals surface area contributed by atoms with E-state index in [1.807, 2.05) is 0 Å². The lowest BCUT2D eigenvalue weighted by Gasteiger charge is -2.30. The Morgan fingerprint density at radius 1 is 0.270 bits per heavy atom. The molecule has 0 amide bonds. The Balaban J connectivity index is 1.23. The molecule has 0 atom stereocenters. The quantitative estimate of drug-likeness (QED) is 0.152. The van der Waals surface area contributed by atoms with E-state index in [1.54, 1.807) is 11.3 Å². The van der Waals surface area contributed by atoms with E-state index < -0.39 is 0 Å². The van der Waals surface area contributed by atoms with Crippen molar-refractivity contribution in [1.82, 2.24) is 33.2 Å². The molecule has 0 aliphatic rings. The minimum Gasteiger partial charge on any atom is -0.306 e. The smallest absolute Gasteiger partial charge is 0.160 e. The third-order valence-electron chi connectivity index (χ3n) is 18.2. The van der Waals surface area contributed by atoms with Crippen LogP contribution in [-0.2, 0) is 0 Å². The molecular weight excluding hydrogens is 1100 g/mol. The van der Waals surface area contributed by atoms with E-state index in [0.29, 0.717) is 5.82 Å². The summed E-state index contributed by atoms with van der Waals surface area (Å²) < 4.78 is 11.4. The molecule has 0 unspecified atom stereocenters. The van der Waals surface area contributed by atoms with Gasteiger partial charge < -0.3 is 18.3 Å². The molecule has 0 radical (unpaired) electrons. The number of benzene rings is 12. The Morgan fingerprint density at radius 3 is 1.06 bits per heavy atom. The van der Waals surface area contributed by atoms with Crippen molar-refractivity contribution in [3.05, 3.63) is 283 Å². The molecule has 6 heterocycles. The predicted octanol–water partition coefficient (Wildman–Crippen LogP) is 21.4. The minimum absolute atomic E-state index is 0.616. The van der Waals surface area contributed by atoms with Gasteiger partial charge >= 0.3 is 0 Å². The van der Waals surface area contributed by atoms with Crippen molar-refractivity contribution in [3.8, 4) is 67.2 Å². The molecule has 0 fully saturated rings. The van der Waals surface area contributed by atoms with Crippen LogP contribution in [0.2, 0.25) is 0 Å². The second kappa shape index (κ2) is 19.7. The van der Waals surface area contributed by atoms with Gasteiger partial charge in [-0.15, -0.1) is 11.3 Å². The van der Waals surface area contributed by atoms with Crippen LogP contribution in [0.1, 0.15) is 22.3 Å². The van der Waals surface area contributed by atoms with Crippen molar-refractivity contribution < 1.29 is 0 Å². The van der Waals surface area contributed by atoms with Gasteiger partial charge in [0.05, 0.1) is 88.5 Å². The average Bonchev–Trinajstić information content (AvgIpc) is 1.62. The molecule has 0 N–H and O–H groups in total. The fourth-order valence-corrected chi connectivity index (χ4v) is 15.4. The molecule has 0 bridgehead atoms. The van der Waals surface area contributed by atoms with Crippen LogP contribution in [-0.4, -0.2) is 33.2 Å². The van der Waals surface area contributed by atoms with Crippen molar-refractivity contribution in [3.63, 3.8) is 0 Å². The van der Waals surface area contributed by atoms with Crippen LogP contribution < -0.4 is 0 Å². The largest absolute Gasteiger partial charge is 0.306 e. The molecule has 0 saturated carbocycles. The maximum atomic E-state index is 6.03. The summed E-state index contributed by atoms with van der Waals surface area (Å²) in [6.45, 7) is 8.82. The molecular formula is C81H55N7S. The molecule has 8 heteroatoms. The van der Waals surface area contributed by atoms with Crippen LogP contribution in [0.3, 0.4) is 0 Å². The van der Waals surface area contributed by atoms with Gasteiger partial charge in [0.2, 0.25) is 0 Å². The number of rotatable bonds is 8. The highest BCUT2D eigenvalue weighted by atomic mass is 32.1. The van der Waals surface area contributed by atoms with Gasteiger partial charge in [-0.3, -0.25) is 0 Å². The summed E-state index contributed by atoms with van der Waals surface area (Å²) in [6, 6.07) is 95.8. The summed E-state index contributed by atoms with van der Waals surface area (Å²) >= 11 is 1.73. The molecule has 0 saturated heterocycles. The normalized spacial score (nSPS) is 12.0. The van der Waals surface area contributed by atoms with Crippen molar-refractivity contribution in [1.29, 1.82) is 0 Å². The molecule has 18 aromatic rings. The fraction of sp³-hybridized carbons (Fsp3) is 0.0494. The highest BCUT2D eigenvalue weighted by Crippen LogP contribution is 2.56. The molecule has 420 valence electrons.